The van der Waals surface area contributed by atoms with Gasteiger partial charge in [0.2, 0.25) is 0 Å². The van der Waals surface area contributed by atoms with Crippen LogP contribution in [0.2, 0.25) is 0 Å². The van der Waals surface area contributed by atoms with Crippen LogP contribution >= 0.6 is 0 Å². The van der Waals surface area contributed by atoms with Crippen molar-refractivity contribution in [3.8, 4) is 5.69 Å². The minimum absolute atomic E-state index is 0.124. The van der Waals surface area contributed by atoms with Gasteiger partial charge >= 0.3 is 0 Å². The molecule has 1 aromatic heterocycles. The van der Waals surface area contributed by atoms with Crippen molar-refractivity contribution in [2.24, 2.45) is 0 Å². The smallest absolute Gasteiger partial charge is 0.0547 e. The Morgan fingerprint density at radius 1 is 0.680 bits per heavy atom. The number of rotatable bonds is 11. The maximum absolute atomic E-state index is 2.47. The van der Waals surface area contributed by atoms with E-state index >= 15 is 0 Å². The Hall–Kier alpha value is -5.86. The average Bonchev–Trinajstić information content (AvgIpc) is 3.49. The average molecular weight is 649 g/mol. The molecule has 0 saturated carbocycles. The second kappa shape index (κ2) is 15.1. The highest BCUT2D eigenvalue weighted by molar-refractivity contribution is 6.17. The molecule has 0 N–H and O–H groups in total. The summed E-state index contributed by atoms with van der Waals surface area (Å²) in [4.78, 5) is 2.47. The Kier molecular flexibility index (Phi) is 9.89. The molecule has 0 aliphatic carbocycles. The van der Waals surface area contributed by atoms with Gasteiger partial charge in [0.15, 0.2) is 0 Å². The number of fused-ring (bicyclic) bond motifs is 4. The molecular weight excluding hydrogens is 605 g/mol. The molecule has 7 aromatic rings. The van der Waals surface area contributed by atoms with Crippen LogP contribution in [-0.4, -0.2) is 17.2 Å². The number of hydrogen-bond donors (Lipinski definition) is 0. The van der Waals surface area contributed by atoms with Crippen molar-refractivity contribution in [3.63, 3.8) is 0 Å². The van der Waals surface area contributed by atoms with Gasteiger partial charge in [-0.2, -0.15) is 0 Å². The lowest BCUT2D eigenvalue weighted by Crippen LogP contribution is -2.32. The van der Waals surface area contributed by atoms with E-state index in [0.717, 1.165) is 6.54 Å². The highest BCUT2D eigenvalue weighted by Gasteiger charge is 2.19. The van der Waals surface area contributed by atoms with Gasteiger partial charge in [-0.3, -0.25) is 0 Å². The predicted octanol–water partition coefficient (Wildman–Crippen LogP) is 12.7. The van der Waals surface area contributed by atoms with Crippen LogP contribution in [0.3, 0.4) is 0 Å². The molecule has 2 unspecified atom stereocenters. The van der Waals surface area contributed by atoms with Gasteiger partial charge in [0.25, 0.3) is 0 Å². The molecule has 1 heterocycles. The molecule has 2 heteroatoms. The van der Waals surface area contributed by atoms with E-state index in [2.05, 4.69) is 218 Å². The molecule has 6 aromatic carbocycles. The Balaban J connectivity index is 1.30. The van der Waals surface area contributed by atoms with Gasteiger partial charge in [-0.15, -0.1) is 0 Å². The maximum Gasteiger partial charge on any atom is 0.0547 e. The molecule has 0 aliphatic heterocycles. The summed E-state index contributed by atoms with van der Waals surface area (Å²) in [7, 11) is 0. The topological polar surface area (TPSA) is 8.17 Å². The molecule has 2 atom stereocenters. The third kappa shape index (κ3) is 6.84. The standard InChI is InChI=1S/C48H44N2/c1-4-20-41(33-37(3)49(42-26-12-6-13-27-42)32-18-8-9-21-36(2)38-22-10-5-11-23-38)44-30-19-31-46-48(44)45-34-39-24-16-17-25-40(39)35-47(45)50(46)43-28-14-7-15-29-43/h4-31,33-37H,32H2,1-3H3/b18-8-,20-4-,21-9-,41-33+. The van der Waals surface area contributed by atoms with Gasteiger partial charge < -0.3 is 9.47 Å². The lowest BCUT2D eigenvalue weighted by atomic mass is 9.96. The molecule has 2 nitrogen and oxygen atoms in total. The summed E-state index contributed by atoms with van der Waals surface area (Å²) in [5.41, 5.74) is 8.58. The maximum atomic E-state index is 2.47. The lowest BCUT2D eigenvalue weighted by Gasteiger charge is -2.29. The minimum Gasteiger partial charge on any atom is -0.362 e. The number of nitrogens with zero attached hydrogens (tertiary/aromatic N) is 2. The molecule has 0 radical (unpaired) electrons. The zero-order chi connectivity index (χ0) is 34.3. The fourth-order valence-corrected chi connectivity index (χ4v) is 7.09. The van der Waals surface area contributed by atoms with Crippen LogP contribution in [0.25, 0.3) is 43.8 Å². The first-order chi connectivity index (χ1) is 24.6. The number of para-hydroxylation sites is 2. The van der Waals surface area contributed by atoms with Gasteiger partial charge in [-0.05, 0) is 89.7 Å². The summed E-state index contributed by atoms with van der Waals surface area (Å²) < 4.78 is 2.42. The van der Waals surface area contributed by atoms with Gasteiger partial charge in [0, 0.05) is 34.7 Å². The minimum atomic E-state index is 0.124. The monoisotopic (exact) mass is 648 g/mol. The van der Waals surface area contributed by atoms with E-state index in [-0.39, 0.29) is 6.04 Å². The summed E-state index contributed by atoms with van der Waals surface area (Å²) >= 11 is 0. The largest absolute Gasteiger partial charge is 0.362 e. The molecule has 7 rings (SSSR count). The first-order valence-electron chi connectivity index (χ1n) is 17.7. The normalized spacial score (nSPS) is 13.7. The molecule has 0 bridgehead atoms. The number of benzene rings is 6. The second-order valence-corrected chi connectivity index (χ2v) is 13.0. The molecule has 246 valence electrons. The van der Waals surface area contributed by atoms with E-state index in [4.69, 9.17) is 0 Å². The summed E-state index contributed by atoms with van der Waals surface area (Å²) in [5.74, 6) is 0.366. The fraction of sp³-hybridized carbons (Fsp3) is 0.125. The number of anilines is 1. The number of aromatic nitrogens is 1. The van der Waals surface area contributed by atoms with E-state index in [1.165, 1.54) is 60.7 Å². The van der Waals surface area contributed by atoms with Crippen LogP contribution in [-0.2, 0) is 0 Å². The predicted molar refractivity (Wildman–Crippen MR) is 217 cm³/mol. The van der Waals surface area contributed by atoms with Crippen molar-refractivity contribution in [3.05, 3.63) is 199 Å². The molecule has 0 fully saturated rings. The van der Waals surface area contributed by atoms with E-state index in [1.807, 2.05) is 0 Å². The molecule has 0 aliphatic rings. The summed E-state index contributed by atoms with van der Waals surface area (Å²) in [6, 6.07) is 52.4. The highest BCUT2D eigenvalue weighted by atomic mass is 15.1. The van der Waals surface area contributed by atoms with Crippen molar-refractivity contribution in [2.75, 3.05) is 11.4 Å². The number of allylic oxidation sites excluding steroid dienone is 6. The SMILES string of the molecule is C/C=C\C(=C/C(C)N(C/C=C\C=C/C(C)c1ccccc1)c1ccccc1)c1cccc2c1c1cc3ccccc3cc1n2-c1ccccc1. The fourth-order valence-electron chi connectivity index (χ4n) is 7.09. The van der Waals surface area contributed by atoms with Gasteiger partial charge in [-0.25, -0.2) is 0 Å². The second-order valence-electron chi connectivity index (χ2n) is 13.0. The van der Waals surface area contributed by atoms with Gasteiger partial charge in [-0.1, -0.05) is 153 Å². The van der Waals surface area contributed by atoms with Crippen LogP contribution in [0.1, 0.15) is 37.8 Å². The Labute approximate surface area is 296 Å². The third-order valence-electron chi connectivity index (χ3n) is 9.60. The van der Waals surface area contributed by atoms with Crippen molar-refractivity contribution in [2.45, 2.75) is 32.7 Å². The van der Waals surface area contributed by atoms with Crippen LogP contribution in [0.4, 0.5) is 5.69 Å². The third-order valence-corrected chi connectivity index (χ3v) is 9.60. The Morgan fingerprint density at radius 2 is 1.34 bits per heavy atom. The van der Waals surface area contributed by atoms with Crippen molar-refractivity contribution >= 4 is 43.8 Å². The first kappa shape index (κ1) is 32.7. The van der Waals surface area contributed by atoms with Crippen molar-refractivity contribution in [1.29, 1.82) is 0 Å². The summed E-state index contributed by atoms with van der Waals surface area (Å²) in [6.07, 6.45) is 15.7. The zero-order valence-corrected chi connectivity index (χ0v) is 29.2. The van der Waals surface area contributed by atoms with E-state index < -0.39 is 0 Å². The van der Waals surface area contributed by atoms with Crippen LogP contribution < -0.4 is 4.90 Å². The molecular formula is C48H44N2. The lowest BCUT2D eigenvalue weighted by molar-refractivity contribution is 0.784. The molecule has 50 heavy (non-hydrogen) atoms. The molecule has 0 spiro atoms. The summed E-state index contributed by atoms with van der Waals surface area (Å²) in [6.45, 7) is 7.45. The highest BCUT2D eigenvalue weighted by Crippen LogP contribution is 2.39. The van der Waals surface area contributed by atoms with Crippen molar-refractivity contribution < 1.29 is 0 Å². The first-order valence-corrected chi connectivity index (χ1v) is 17.7. The van der Waals surface area contributed by atoms with E-state index in [9.17, 15) is 0 Å². The van der Waals surface area contributed by atoms with E-state index in [1.54, 1.807) is 0 Å². The van der Waals surface area contributed by atoms with E-state index in [0.29, 0.717) is 5.92 Å². The number of hydrogen-bond acceptors (Lipinski definition) is 1. The van der Waals surface area contributed by atoms with Gasteiger partial charge in [0.1, 0.15) is 0 Å². The zero-order valence-electron chi connectivity index (χ0n) is 29.2. The van der Waals surface area contributed by atoms with Crippen LogP contribution in [0.15, 0.2) is 188 Å². The van der Waals surface area contributed by atoms with Crippen molar-refractivity contribution in [1.82, 2.24) is 4.57 Å². The molecule has 0 amide bonds. The Bertz CT molecular complexity index is 2320. The van der Waals surface area contributed by atoms with Crippen LogP contribution in [0.5, 0.6) is 0 Å². The quantitative estimate of drug-likeness (QED) is 0.127. The Morgan fingerprint density at radius 3 is 2.06 bits per heavy atom. The van der Waals surface area contributed by atoms with Crippen LogP contribution in [0, 0.1) is 0 Å². The molecule has 0 saturated heterocycles. The summed E-state index contributed by atoms with van der Waals surface area (Å²) in [5, 5.41) is 5.04. The van der Waals surface area contributed by atoms with Gasteiger partial charge in [0.05, 0.1) is 11.0 Å².